The van der Waals surface area contributed by atoms with Crippen LogP contribution in [0.25, 0.3) is 0 Å². The first-order chi connectivity index (χ1) is 7.77. The van der Waals surface area contributed by atoms with Gasteiger partial charge in [-0.1, -0.05) is 64.7 Å². The molecule has 104 valence electrons. The third kappa shape index (κ3) is 19.4. The summed E-state index contributed by atoms with van der Waals surface area (Å²) in [5.74, 6) is 0. The Labute approximate surface area is 121 Å². The van der Waals surface area contributed by atoms with Crippen LogP contribution in [0.2, 0.25) is 0 Å². The van der Waals surface area contributed by atoms with Crippen LogP contribution < -0.4 is 0 Å². The average molecular weight is 346 g/mol. The second-order valence-electron chi connectivity index (χ2n) is 4.30. The van der Waals surface area contributed by atoms with Gasteiger partial charge in [-0.05, 0) is 6.42 Å². The van der Waals surface area contributed by atoms with Crippen LogP contribution in [0.15, 0.2) is 0 Å². The zero-order valence-corrected chi connectivity index (χ0v) is 14.0. The Hall–Kier alpha value is 0.838. The molecule has 0 aromatic carbocycles. The third-order valence-electron chi connectivity index (χ3n) is 2.72. The second kappa shape index (κ2) is 16.8. The van der Waals surface area contributed by atoms with Gasteiger partial charge in [0.05, 0.1) is 6.61 Å². The Morgan fingerprint density at radius 2 is 1.29 bits per heavy atom. The van der Waals surface area contributed by atoms with Gasteiger partial charge in [0.2, 0.25) is 0 Å². The van der Waals surface area contributed by atoms with E-state index in [0.29, 0.717) is 6.61 Å². The maximum absolute atomic E-state index is 10.2. The van der Waals surface area contributed by atoms with Gasteiger partial charge in [-0.25, -0.2) is 0 Å². The van der Waals surface area contributed by atoms with E-state index in [1.165, 1.54) is 51.4 Å². The molecule has 0 amide bonds. The minimum absolute atomic E-state index is 0. The molecule has 0 bridgehead atoms. The zero-order chi connectivity index (χ0) is 12.1. The minimum Gasteiger partial charge on any atom is -0.326 e. The molecule has 1 N–H and O–H groups in total. The van der Waals surface area contributed by atoms with E-state index in [-0.39, 0.29) is 21.1 Å². The van der Waals surface area contributed by atoms with E-state index in [1.807, 2.05) is 0 Å². The molecular formula is C12H27MoO3P. The predicted molar refractivity (Wildman–Crippen MR) is 69.0 cm³/mol. The van der Waals surface area contributed by atoms with E-state index in [2.05, 4.69) is 11.4 Å². The molecule has 3 nitrogen and oxygen atoms in total. The van der Waals surface area contributed by atoms with Crippen molar-refractivity contribution in [2.45, 2.75) is 71.1 Å². The molecule has 0 spiro atoms. The smallest absolute Gasteiger partial charge is 0.316 e. The van der Waals surface area contributed by atoms with Crippen LogP contribution in [-0.4, -0.2) is 11.5 Å². The first-order valence-electron chi connectivity index (χ1n) is 6.63. The van der Waals surface area contributed by atoms with Gasteiger partial charge in [-0.2, -0.15) is 0 Å². The summed E-state index contributed by atoms with van der Waals surface area (Å²) in [7, 11) is -2.69. The predicted octanol–water partition coefficient (Wildman–Crippen LogP) is 4.30. The Bertz CT molecular complexity index is 168. The maximum atomic E-state index is 10.2. The summed E-state index contributed by atoms with van der Waals surface area (Å²) in [5.41, 5.74) is 0. The van der Waals surface area contributed by atoms with Crippen LogP contribution in [0.4, 0.5) is 0 Å². The van der Waals surface area contributed by atoms with Crippen LogP contribution in [0.1, 0.15) is 71.1 Å². The Kier molecular flexibility index (Phi) is 20.0. The fourth-order valence-electron chi connectivity index (χ4n) is 1.75. The fraction of sp³-hybridized carbons (Fsp3) is 1.00. The summed E-state index contributed by atoms with van der Waals surface area (Å²) in [4.78, 5) is 8.42. The number of rotatable bonds is 12. The molecule has 5 heteroatoms. The van der Waals surface area contributed by atoms with E-state index in [9.17, 15) is 4.57 Å². The van der Waals surface area contributed by atoms with Crippen molar-refractivity contribution < 1.29 is 35.0 Å². The summed E-state index contributed by atoms with van der Waals surface area (Å²) in [6.45, 7) is 2.67. The van der Waals surface area contributed by atoms with Gasteiger partial charge in [0.1, 0.15) is 0 Å². The standard InChI is InChI=1S/C12H27O3P.Mo/c1-2-3-4-5-6-7-8-9-10-11-12-15-16(13)14;/h16H,2-12H2,1H3,(H,13,14);. The van der Waals surface area contributed by atoms with E-state index in [4.69, 9.17) is 4.89 Å². The van der Waals surface area contributed by atoms with E-state index in [0.717, 1.165) is 12.8 Å². The van der Waals surface area contributed by atoms with Crippen LogP contribution in [0.3, 0.4) is 0 Å². The van der Waals surface area contributed by atoms with Gasteiger partial charge >= 0.3 is 8.25 Å². The summed E-state index contributed by atoms with van der Waals surface area (Å²) < 4.78 is 14.8. The molecule has 0 heterocycles. The molecule has 0 aromatic heterocycles. The second-order valence-corrected chi connectivity index (χ2v) is 5.12. The fourth-order valence-corrected chi connectivity index (χ4v) is 2.07. The Balaban J connectivity index is 0. The molecule has 0 aliphatic heterocycles. The first kappa shape index (κ1) is 20.2. The Morgan fingerprint density at radius 1 is 0.882 bits per heavy atom. The largest absolute Gasteiger partial charge is 0.326 e. The summed E-state index contributed by atoms with van der Waals surface area (Å²) in [6, 6.07) is 0. The van der Waals surface area contributed by atoms with Crippen LogP contribution in [0.5, 0.6) is 0 Å². The molecule has 0 saturated carbocycles. The number of hydrogen-bond donors (Lipinski definition) is 1. The van der Waals surface area contributed by atoms with Crippen molar-refractivity contribution in [1.29, 1.82) is 0 Å². The molecule has 0 fully saturated rings. The van der Waals surface area contributed by atoms with Crippen LogP contribution >= 0.6 is 8.25 Å². The summed E-state index contributed by atoms with van der Waals surface area (Å²) in [6.07, 6.45) is 12.7. The summed E-state index contributed by atoms with van der Waals surface area (Å²) >= 11 is 0. The molecule has 0 aromatic rings. The van der Waals surface area contributed by atoms with E-state index >= 15 is 0 Å². The van der Waals surface area contributed by atoms with Crippen molar-refractivity contribution in [3.8, 4) is 0 Å². The van der Waals surface area contributed by atoms with Crippen LogP contribution in [0, 0.1) is 0 Å². The zero-order valence-electron chi connectivity index (χ0n) is 11.0. The monoisotopic (exact) mass is 348 g/mol. The van der Waals surface area contributed by atoms with E-state index in [1.54, 1.807) is 0 Å². The van der Waals surface area contributed by atoms with Gasteiger partial charge in [0, 0.05) is 21.1 Å². The van der Waals surface area contributed by atoms with Gasteiger partial charge in [-0.3, -0.25) is 4.57 Å². The normalized spacial score (nSPS) is 12.1. The summed E-state index contributed by atoms with van der Waals surface area (Å²) in [5, 5.41) is 0. The molecule has 0 radical (unpaired) electrons. The number of unbranched alkanes of at least 4 members (excludes halogenated alkanes) is 9. The number of hydrogen-bond acceptors (Lipinski definition) is 2. The average Bonchev–Trinajstić information content (AvgIpc) is 2.25. The molecule has 0 saturated heterocycles. The van der Waals surface area contributed by atoms with Gasteiger partial charge in [0.25, 0.3) is 0 Å². The van der Waals surface area contributed by atoms with Crippen molar-refractivity contribution in [2.24, 2.45) is 0 Å². The molecule has 0 aliphatic rings. The molecule has 0 rings (SSSR count). The van der Waals surface area contributed by atoms with Crippen molar-refractivity contribution in [2.75, 3.05) is 6.61 Å². The van der Waals surface area contributed by atoms with Gasteiger partial charge < -0.3 is 9.42 Å². The first-order valence-corrected chi connectivity index (χ1v) is 7.89. The Morgan fingerprint density at radius 3 is 1.71 bits per heavy atom. The van der Waals surface area contributed by atoms with Gasteiger partial charge in [0.15, 0.2) is 0 Å². The van der Waals surface area contributed by atoms with Crippen molar-refractivity contribution in [3.05, 3.63) is 0 Å². The molecule has 1 atom stereocenters. The van der Waals surface area contributed by atoms with E-state index < -0.39 is 8.25 Å². The third-order valence-corrected chi connectivity index (χ3v) is 3.17. The quantitative estimate of drug-likeness (QED) is 0.326. The van der Waals surface area contributed by atoms with Crippen molar-refractivity contribution >= 4 is 8.25 Å². The molecule has 17 heavy (non-hydrogen) atoms. The maximum Gasteiger partial charge on any atom is 0.316 e. The SMILES string of the molecule is CCCCCCCCCCCCO[PH](=O)O.[Mo]. The van der Waals surface area contributed by atoms with Crippen LogP contribution in [-0.2, 0) is 30.2 Å². The van der Waals surface area contributed by atoms with Crippen molar-refractivity contribution in [1.82, 2.24) is 0 Å². The van der Waals surface area contributed by atoms with Gasteiger partial charge in [-0.15, -0.1) is 0 Å². The topological polar surface area (TPSA) is 46.5 Å². The molecule has 1 unspecified atom stereocenters. The molecule has 0 aliphatic carbocycles. The molecular weight excluding hydrogens is 319 g/mol. The van der Waals surface area contributed by atoms with Crippen molar-refractivity contribution in [3.63, 3.8) is 0 Å². The minimum atomic E-state index is -2.69.